The molecule has 160 valence electrons. The fourth-order valence-electron chi connectivity index (χ4n) is 6.37. The zero-order chi connectivity index (χ0) is 20.7. The molecule has 2 aromatic rings. The average Bonchev–Trinajstić information content (AvgIpc) is 3.07. The van der Waals surface area contributed by atoms with Crippen LogP contribution in [0.3, 0.4) is 0 Å². The molecule has 6 nitrogen and oxygen atoms in total. The number of thioether (sulfide) groups is 1. The van der Waals surface area contributed by atoms with Crippen molar-refractivity contribution < 1.29 is 4.79 Å². The third-order valence-corrected chi connectivity index (χ3v) is 7.95. The number of hydrogen-bond acceptors (Lipinski definition) is 5. The van der Waals surface area contributed by atoms with Gasteiger partial charge in [-0.15, -0.1) is 10.2 Å². The van der Waals surface area contributed by atoms with Gasteiger partial charge >= 0.3 is 0 Å². The summed E-state index contributed by atoms with van der Waals surface area (Å²) in [6, 6.07) is 3.91. The Labute approximate surface area is 182 Å². The molecule has 0 aromatic carbocycles. The van der Waals surface area contributed by atoms with Crippen molar-refractivity contribution in [3.63, 3.8) is 0 Å². The number of nitrogens with zero attached hydrogens (tertiary/aromatic N) is 4. The van der Waals surface area contributed by atoms with Crippen LogP contribution in [0.5, 0.6) is 0 Å². The third-order valence-electron chi connectivity index (χ3n) is 6.98. The van der Waals surface area contributed by atoms with Crippen LogP contribution in [-0.2, 0) is 11.3 Å². The summed E-state index contributed by atoms with van der Waals surface area (Å²) in [7, 11) is 0. The Morgan fingerprint density at radius 1 is 1.13 bits per heavy atom. The summed E-state index contributed by atoms with van der Waals surface area (Å²) >= 11 is 1.50. The van der Waals surface area contributed by atoms with Crippen LogP contribution in [0.25, 0.3) is 11.4 Å². The molecule has 4 fully saturated rings. The summed E-state index contributed by atoms with van der Waals surface area (Å²) in [5, 5.41) is 13.1. The number of hydrogen-bond donors (Lipinski definition) is 1. The van der Waals surface area contributed by atoms with E-state index < -0.39 is 0 Å². The molecule has 4 aliphatic carbocycles. The number of carbonyl (C=O) groups is 1. The van der Waals surface area contributed by atoms with E-state index in [0.29, 0.717) is 11.7 Å². The number of rotatable bonds is 7. The number of nitrogens with one attached hydrogen (secondary N) is 1. The smallest absolute Gasteiger partial charge is 0.230 e. The molecule has 30 heavy (non-hydrogen) atoms. The lowest BCUT2D eigenvalue weighted by Gasteiger charge is -2.56. The van der Waals surface area contributed by atoms with E-state index in [1.54, 1.807) is 12.4 Å². The van der Waals surface area contributed by atoms with E-state index >= 15 is 0 Å². The van der Waals surface area contributed by atoms with Gasteiger partial charge < -0.3 is 9.88 Å². The normalized spacial score (nSPS) is 29.5. The van der Waals surface area contributed by atoms with Gasteiger partial charge in [-0.1, -0.05) is 25.6 Å². The maximum Gasteiger partial charge on any atom is 0.230 e. The van der Waals surface area contributed by atoms with Crippen LogP contribution in [0.15, 0.2) is 29.7 Å². The first-order valence-electron chi connectivity index (χ1n) is 11.3. The molecule has 4 saturated carbocycles. The molecule has 0 spiro atoms. The predicted molar refractivity (Wildman–Crippen MR) is 118 cm³/mol. The van der Waals surface area contributed by atoms with E-state index in [4.69, 9.17) is 0 Å². The number of carbonyl (C=O) groups excluding carboxylic acids is 1. The molecule has 1 amide bonds. The summed E-state index contributed by atoms with van der Waals surface area (Å²) in [6.45, 7) is 5.19. The second-order valence-corrected chi connectivity index (χ2v) is 11.0. The van der Waals surface area contributed by atoms with Gasteiger partial charge in [0.25, 0.3) is 0 Å². The molecular formula is C23H31N5OS. The Morgan fingerprint density at radius 2 is 1.77 bits per heavy atom. The first kappa shape index (κ1) is 20.0. The fraction of sp³-hybridized carbons (Fsp3) is 0.652. The van der Waals surface area contributed by atoms with Crippen molar-refractivity contribution in [2.24, 2.45) is 23.7 Å². The van der Waals surface area contributed by atoms with Crippen molar-refractivity contribution in [3.05, 3.63) is 24.5 Å². The second-order valence-electron chi connectivity index (χ2n) is 10.1. The SMILES string of the molecule is CC(C)Cn1c(SCC(=O)NC23CC4CC(CC(C4)C2)C3)nnc1-c1ccncc1. The molecule has 6 rings (SSSR count). The zero-order valence-corrected chi connectivity index (χ0v) is 18.7. The predicted octanol–water partition coefficient (Wildman–Crippen LogP) is 4.17. The molecular weight excluding hydrogens is 394 g/mol. The van der Waals surface area contributed by atoms with Crippen LogP contribution >= 0.6 is 11.8 Å². The Balaban J connectivity index is 1.27. The van der Waals surface area contributed by atoms with E-state index in [9.17, 15) is 4.79 Å². The largest absolute Gasteiger partial charge is 0.350 e. The highest BCUT2D eigenvalue weighted by atomic mass is 32.2. The van der Waals surface area contributed by atoms with E-state index in [1.165, 1.54) is 50.3 Å². The highest BCUT2D eigenvalue weighted by Gasteiger charge is 2.51. The van der Waals surface area contributed by atoms with Crippen LogP contribution in [0.1, 0.15) is 52.4 Å². The molecule has 2 aromatic heterocycles. The number of pyridine rings is 1. The van der Waals surface area contributed by atoms with Crippen molar-refractivity contribution in [1.82, 2.24) is 25.1 Å². The average molecular weight is 426 g/mol. The van der Waals surface area contributed by atoms with Gasteiger partial charge in [-0.05, 0) is 74.3 Å². The van der Waals surface area contributed by atoms with Crippen LogP contribution in [0.2, 0.25) is 0 Å². The van der Waals surface area contributed by atoms with Gasteiger partial charge in [-0.3, -0.25) is 9.78 Å². The molecule has 4 bridgehead atoms. The maximum atomic E-state index is 12.9. The standard InChI is InChI=1S/C23H31N5OS/c1-15(2)13-28-21(19-3-5-24-6-4-19)26-27-22(28)30-14-20(29)25-23-10-16-7-17(11-23)9-18(8-16)12-23/h3-6,15-18H,7-14H2,1-2H3,(H,25,29). The Kier molecular flexibility index (Phi) is 5.33. The molecule has 0 atom stereocenters. The lowest BCUT2D eigenvalue weighted by Crippen LogP contribution is -2.60. The first-order chi connectivity index (χ1) is 14.5. The van der Waals surface area contributed by atoms with Crippen LogP contribution in [0, 0.1) is 23.7 Å². The van der Waals surface area contributed by atoms with Crippen LogP contribution < -0.4 is 5.32 Å². The highest BCUT2D eigenvalue weighted by Crippen LogP contribution is 2.55. The van der Waals surface area contributed by atoms with Crippen LogP contribution in [-0.4, -0.2) is 36.9 Å². The summed E-state index contributed by atoms with van der Waals surface area (Å²) < 4.78 is 2.14. The number of aromatic nitrogens is 4. The highest BCUT2D eigenvalue weighted by molar-refractivity contribution is 7.99. The van der Waals surface area contributed by atoms with Gasteiger partial charge in [0.15, 0.2) is 11.0 Å². The molecule has 4 aliphatic rings. The molecule has 0 radical (unpaired) electrons. The lowest BCUT2D eigenvalue weighted by atomic mass is 9.53. The summed E-state index contributed by atoms with van der Waals surface area (Å²) in [4.78, 5) is 17.0. The van der Waals surface area contributed by atoms with Crippen molar-refractivity contribution >= 4 is 17.7 Å². The fourth-order valence-corrected chi connectivity index (χ4v) is 7.11. The van der Waals surface area contributed by atoms with E-state index in [2.05, 4.69) is 38.9 Å². The summed E-state index contributed by atoms with van der Waals surface area (Å²) in [5.74, 6) is 4.35. The molecule has 0 aliphatic heterocycles. The second kappa shape index (κ2) is 7.98. The van der Waals surface area contributed by atoms with Gasteiger partial charge in [0, 0.05) is 30.0 Å². The first-order valence-corrected chi connectivity index (χ1v) is 12.3. The van der Waals surface area contributed by atoms with Gasteiger partial charge in [-0.25, -0.2) is 0 Å². The molecule has 0 saturated heterocycles. The zero-order valence-electron chi connectivity index (χ0n) is 17.9. The molecule has 0 unspecified atom stereocenters. The molecule has 2 heterocycles. The van der Waals surface area contributed by atoms with Gasteiger partial charge in [-0.2, -0.15) is 0 Å². The molecule has 7 heteroatoms. The van der Waals surface area contributed by atoms with Gasteiger partial charge in [0.1, 0.15) is 0 Å². The summed E-state index contributed by atoms with van der Waals surface area (Å²) in [6.07, 6.45) is 11.3. The van der Waals surface area contributed by atoms with E-state index in [0.717, 1.165) is 40.8 Å². The van der Waals surface area contributed by atoms with Crippen molar-refractivity contribution in [2.45, 2.75) is 69.6 Å². The van der Waals surface area contributed by atoms with Gasteiger partial charge in [0.2, 0.25) is 5.91 Å². The van der Waals surface area contributed by atoms with Crippen molar-refractivity contribution in [1.29, 1.82) is 0 Å². The summed E-state index contributed by atoms with van der Waals surface area (Å²) in [5.41, 5.74) is 1.07. The Bertz CT molecular complexity index is 874. The maximum absolute atomic E-state index is 12.9. The Hall–Kier alpha value is -1.89. The van der Waals surface area contributed by atoms with Crippen molar-refractivity contribution in [3.8, 4) is 11.4 Å². The number of amides is 1. The minimum atomic E-state index is 0.0696. The lowest BCUT2D eigenvalue weighted by molar-refractivity contribution is -0.124. The van der Waals surface area contributed by atoms with E-state index in [-0.39, 0.29) is 11.4 Å². The minimum absolute atomic E-state index is 0.0696. The molecule has 1 N–H and O–H groups in total. The quantitative estimate of drug-likeness (QED) is 0.674. The van der Waals surface area contributed by atoms with Crippen LogP contribution in [0.4, 0.5) is 0 Å². The topological polar surface area (TPSA) is 72.7 Å². The van der Waals surface area contributed by atoms with E-state index in [1.807, 2.05) is 12.1 Å². The minimum Gasteiger partial charge on any atom is -0.350 e. The third kappa shape index (κ3) is 4.01. The van der Waals surface area contributed by atoms with Crippen molar-refractivity contribution in [2.75, 3.05) is 5.75 Å². The Morgan fingerprint density at radius 3 is 2.37 bits per heavy atom. The monoisotopic (exact) mass is 425 g/mol. The van der Waals surface area contributed by atoms with Gasteiger partial charge in [0.05, 0.1) is 5.75 Å².